The zero-order valence-corrected chi connectivity index (χ0v) is 19.5. The lowest BCUT2D eigenvalue weighted by Gasteiger charge is -2.36. The van der Waals surface area contributed by atoms with Gasteiger partial charge in [0.05, 0.1) is 17.9 Å². The number of benzene rings is 1. The third-order valence-corrected chi connectivity index (χ3v) is 6.06. The van der Waals surface area contributed by atoms with Crippen LogP contribution >= 0.6 is 0 Å². The van der Waals surface area contributed by atoms with Crippen molar-refractivity contribution in [1.29, 1.82) is 0 Å². The van der Waals surface area contributed by atoms with Gasteiger partial charge in [0.25, 0.3) is 0 Å². The Morgan fingerprint density at radius 3 is 2.76 bits per heavy atom. The van der Waals surface area contributed by atoms with Gasteiger partial charge in [0.1, 0.15) is 17.6 Å². The molecule has 1 saturated carbocycles. The molecule has 0 amide bonds. The molecule has 10 heteroatoms. The predicted octanol–water partition coefficient (Wildman–Crippen LogP) is 3.60. The highest BCUT2D eigenvalue weighted by Gasteiger charge is 2.34. The molecule has 1 aromatic carbocycles. The summed E-state index contributed by atoms with van der Waals surface area (Å²) in [5.74, 6) is 2.48. The van der Waals surface area contributed by atoms with Crippen molar-refractivity contribution in [2.45, 2.75) is 38.7 Å². The number of fused-ring (bicyclic) bond motifs is 1. The molecule has 3 heterocycles. The van der Waals surface area contributed by atoms with Gasteiger partial charge in [-0.1, -0.05) is 0 Å². The Morgan fingerprint density at radius 1 is 1.21 bits per heavy atom. The lowest BCUT2D eigenvalue weighted by Crippen LogP contribution is -2.43. The van der Waals surface area contributed by atoms with Gasteiger partial charge in [-0.05, 0) is 57.4 Å². The molecule has 1 aliphatic carbocycles. The average molecular weight is 461 g/mol. The third kappa shape index (κ3) is 4.36. The van der Waals surface area contributed by atoms with E-state index in [0.717, 1.165) is 47.4 Å². The van der Waals surface area contributed by atoms with E-state index >= 15 is 0 Å². The maximum absolute atomic E-state index is 10.5. The highest BCUT2D eigenvalue weighted by molar-refractivity contribution is 5.89. The largest absolute Gasteiger partial charge is 0.492 e. The molecule has 1 fully saturated rings. The summed E-state index contributed by atoms with van der Waals surface area (Å²) in [6.07, 6.45) is 6.09. The minimum absolute atomic E-state index is 0.427. The number of hydrogen-bond acceptors (Lipinski definition) is 9. The molecule has 5 rings (SSSR count). The van der Waals surface area contributed by atoms with Crippen molar-refractivity contribution in [3.8, 4) is 17.1 Å². The van der Waals surface area contributed by atoms with E-state index in [4.69, 9.17) is 9.72 Å². The van der Waals surface area contributed by atoms with Crippen molar-refractivity contribution in [3.63, 3.8) is 0 Å². The van der Waals surface area contributed by atoms with Gasteiger partial charge in [-0.2, -0.15) is 0 Å². The smallest absolute Gasteiger partial charge is 0.227 e. The van der Waals surface area contributed by atoms with Gasteiger partial charge in [-0.15, -0.1) is 10.2 Å². The number of nitrogens with one attached hydrogen (secondary N) is 2. The molecular weight excluding hydrogens is 432 g/mol. The van der Waals surface area contributed by atoms with E-state index in [1.807, 2.05) is 49.7 Å². The van der Waals surface area contributed by atoms with Crippen molar-refractivity contribution in [2.75, 3.05) is 23.8 Å². The summed E-state index contributed by atoms with van der Waals surface area (Å²) >= 11 is 0. The molecule has 0 spiro atoms. The molecule has 0 atom stereocenters. The number of hydrogen-bond donors (Lipinski definition) is 3. The van der Waals surface area contributed by atoms with Gasteiger partial charge in [0, 0.05) is 36.4 Å². The summed E-state index contributed by atoms with van der Waals surface area (Å²) in [5.41, 5.74) is 2.53. The summed E-state index contributed by atoms with van der Waals surface area (Å²) < 4.78 is 7.74. The van der Waals surface area contributed by atoms with Crippen LogP contribution in [0, 0.1) is 6.92 Å². The lowest BCUT2D eigenvalue weighted by molar-refractivity contribution is -0.0202. The molecule has 0 saturated heterocycles. The van der Waals surface area contributed by atoms with E-state index in [0.29, 0.717) is 36.2 Å². The molecule has 176 valence electrons. The number of ether oxygens (including phenoxy) is 1. The van der Waals surface area contributed by atoms with Crippen molar-refractivity contribution in [1.82, 2.24) is 29.7 Å². The van der Waals surface area contributed by atoms with E-state index in [1.165, 1.54) is 0 Å². The average Bonchev–Trinajstić information content (AvgIpc) is 3.23. The number of aryl methyl sites for hydroxylation is 2. The fraction of sp³-hybridized carbons (Fsp3) is 0.375. The van der Waals surface area contributed by atoms with Crippen LogP contribution in [0.3, 0.4) is 0 Å². The zero-order valence-electron chi connectivity index (χ0n) is 19.5. The maximum atomic E-state index is 10.5. The van der Waals surface area contributed by atoms with Crippen LogP contribution < -0.4 is 15.4 Å². The van der Waals surface area contributed by atoms with E-state index in [1.54, 1.807) is 12.5 Å². The number of rotatable bonds is 8. The molecule has 0 bridgehead atoms. The Hall–Kier alpha value is -3.79. The first-order valence-electron chi connectivity index (χ1n) is 11.4. The molecule has 0 unspecified atom stereocenters. The Morgan fingerprint density at radius 2 is 2.06 bits per heavy atom. The zero-order chi connectivity index (χ0) is 23.7. The molecule has 34 heavy (non-hydrogen) atoms. The van der Waals surface area contributed by atoms with Crippen LogP contribution in [0.5, 0.6) is 5.75 Å². The minimum Gasteiger partial charge on any atom is -0.492 e. The second-order valence-electron chi connectivity index (χ2n) is 8.71. The van der Waals surface area contributed by atoms with Gasteiger partial charge in [-0.25, -0.2) is 15.0 Å². The predicted molar refractivity (Wildman–Crippen MR) is 130 cm³/mol. The van der Waals surface area contributed by atoms with Crippen LogP contribution in [0.2, 0.25) is 0 Å². The molecule has 0 radical (unpaired) electrons. The summed E-state index contributed by atoms with van der Waals surface area (Å²) in [6.45, 7) is 4.83. The minimum atomic E-state index is -0.664. The highest BCUT2D eigenvalue weighted by atomic mass is 16.5. The van der Waals surface area contributed by atoms with Gasteiger partial charge >= 0.3 is 0 Å². The number of anilines is 3. The molecule has 10 nitrogen and oxygen atoms in total. The van der Waals surface area contributed by atoms with Crippen LogP contribution in [-0.2, 0) is 7.05 Å². The van der Waals surface area contributed by atoms with Gasteiger partial charge in [0.15, 0.2) is 11.6 Å². The third-order valence-electron chi connectivity index (χ3n) is 6.06. The first-order chi connectivity index (χ1) is 16.4. The standard InChI is InChI=1S/C24H28N8O2/c1-4-34-19-11-16(22-31-27-14-32(22)3)6-7-18(19)29-23-25-12-17-10-15(2)28-21(20(17)30-23)26-13-24(33)8-5-9-24/h6-7,10-12,14,33H,4-5,8-9,13H2,1-3H3,(H,26,28)(H,25,29,30). The van der Waals surface area contributed by atoms with Crippen LogP contribution in [0.4, 0.5) is 17.5 Å². The van der Waals surface area contributed by atoms with Crippen molar-refractivity contribution in [3.05, 3.63) is 42.5 Å². The van der Waals surface area contributed by atoms with Crippen LogP contribution in [0.25, 0.3) is 22.3 Å². The maximum Gasteiger partial charge on any atom is 0.227 e. The number of nitrogens with zero attached hydrogens (tertiary/aromatic N) is 6. The first kappa shape index (κ1) is 22.0. The molecule has 0 aliphatic heterocycles. The molecule has 4 aromatic rings. The van der Waals surface area contributed by atoms with Gasteiger partial charge < -0.3 is 25.0 Å². The van der Waals surface area contributed by atoms with Crippen LogP contribution in [-0.4, -0.2) is 53.6 Å². The number of aliphatic hydroxyl groups is 1. The van der Waals surface area contributed by atoms with Crippen molar-refractivity contribution < 1.29 is 9.84 Å². The van der Waals surface area contributed by atoms with Gasteiger partial charge in [-0.3, -0.25) is 0 Å². The highest BCUT2D eigenvalue weighted by Crippen LogP contribution is 2.34. The number of pyridine rings is 1. The molecule has 3 aromatic heterocycles. The van der Waals surface area contributed by atoms with E-state index in [-0.39, 0.29) is 0 Å². The SMILES string of the molecule is CCOc1cc(-c2nncn2C)ccc1Nc1ncc2cc(C)nc(NCC3(O)CCC3)c2n1. The summed E-state index contributed by atoms with van der Waals surface area (Å²) in [6, 6.07) is 7.74. The number of aromatic nitrogens is 6. The molecule has 3 N–H and O–H groups in total. The first-order valence-corrected chi connectivity index (χ1v) is 11.4. The topological polar surface area (TPSA) is 123 Å². The van der Waals surface area contributed by atoms with Crippen LogP contribution in [0.15, 0.2) is 36.8 Å². The van der Waals surface area contributed by atoms with E-state index in [9.17, 15) is 5.11 Å². The van der Waals surface area contributed by atoms with E-state index < -0.39 is 5.60 Å². The summed E-state index contributed by atoms with van der Waals surface area (Å²) in [7, 11) is 1.90. The van der Waals surface area contributed by atoms with Gasteiger partial charge in [0.2, 0.25) is 5.95 Å². The normalized spacial score (nSPS) is 14.6. The Labute approximate surface area is 197 Å². The lowest BCUT2D eigenvalue weighted by atomic mass is 9.80. The Balaban J connectivity index is 1.45. The quantitative estimate of drug-likeness (QED) is 0.362. The van der Waals surface area contributed by atoms with E-state index in [2.05, 4.69) is 30.8 Å². The fourth-order valence-corrected chi connectivity index (χ4v) is 4.07. The monoisotopic (exact) mass is 460 g/mol. The van der Waals surface area contributed by atoms with Crippen LogP contribution in [0.1, 0.15) is 31.9 Å². The Kier molecular flexibility index (Phi) is 5.74. The van der Waals surface area contributed by atoms with Crippen molar-refractivity contribution in [2.24, 2.45) is 7.05 Å². The van der Waals surface area contributed by atoms with Crippen molar-refractivity contribution >= 4 is 28.4 Å². The summed E-state index contributed by atoms with van der Waals surface area (Å²) in [5, 5.41) is 26.1. The Bertz CT molecular complexity index is 1330. The second kappa shape index (κ2) is 8.86. The second-order valence-corrected chi connectivity index (χ2v) is 8.71. The fourth-order valence-electron chi connectivity index (χ4n) is 4.07. The summed E-state index contributed by atoms with van der Waals surface area (Å²) in [4.78, 5) is 13.9. The molecule has 1 aliphatic rings. The molecular formula is C24H28N8O2.